The predicted molar refractivity (Wildman–Crippen MR) is 84.3 cm³/mol. The van der Waals surface area contributed by atoms with Crippen molar-refractivity contribution >= 4 is 5.96 Å². The van der Waals surface area contributed by atoms with E-state index in [2.05, 4.69) is 5.32 Å². The number of hydrogen-bond donors (Lipinski definition) is 3. The number of guanidine groups is 1. The van der Waals surface area contributed by atoms with Crippen LogP contribution >= 0.6 is 0 Å². The third-order valence-electron chi connectivity index (χ3n) is 4.13. The minimum absolute atomic E-state index is 0.183. The Kier molecular flexibility index (Phi) is 4.81. The first-order chi connectivity index (χ1) is 10.9. The molecule has 1 aliphatic rings. The minimum atomic E-state index is -4.62. The SMILES string of the molecule is CC(C)(C)c1ccc(C(NC2CN(C(=N)N)C2)C(F)(F)F)c(F)c1. The van der Waals surface area contributed by atoms with Crippen molar-refractivity contribution < 1.29 is 17.6 Å². The number of benzene rings is 1. The van der Waals surface area contributed by atoms with Gasteiger partial charge >= 0.3 is 6.18 Å². The average Bonchev–Trinajstić information content (AvgIpc) is 2.35. The van der Waals surface area contributed by atoms with E-state index in [-0.39, 0.29) is 24.5 Å². The van der Waals surface area contributed by atoms with E-state index in [0.29, 0.717) is 5.56 Å². The van der Waals surface area contributed by atoms with Crippen molar-refractivity contribution in [1.29, 1.82) is 5.41 Å². The molecule has 0 bridgehead atoms. The summed E-state index contributed by atoms with van der Waals surface area (Å²) in [7, 11) is 0. The molecule has 0 saturated carbocycles. The van der Waals surface area contributed by atoms with Crippen LogP contribution in [-0.2, 0) is 5.41 Å². The molecule has 1 fully saturated rings. The van der Waals surface area contributed by atoms with Crippen molar-refractivity contribution in [2.45, 2.75) is 44.4 Å². The smallest absolute Gasteiger partial charge is 0.370 e. The van der Waals surface area contributed by atoms with Gasteiger partial charge < -0.3 is 10.6 Å². The second-order valence-electron chi connectivity index (χ2n) is 7.11. The Labute approximate surface area is 138 Å². The van der Waals surface area contributed by atoms with Crippen LogP contribution in [0.4, 0.5) is 17.6 Å². The van der Waals surface area contributed by atoms with Gasteiger partial charge in [0.1, 0.15) is 11.9 Å². The van der Waals surface area contributed by atoms with Crippen LogP contribution in [0.25, 0.3) is 0 Å². The van der Waals surface area contributed by atoms with Crippen molar-refractivity contribution in [3.05, 3.63) is 35.1 Å². The number of nitrogens with zero attached hydrogens (tertiary/aromatic N) is 1. The van der Waals surface area contributed by atoms with Gasteiger partial charge in [-0.15, -0.1) is 0 Å². The standard InChI is InChI=1S/C16H22F4N4/c1-15(2,3)9-4-5-11(12(17)6-9)13(16(18,19)20)23-10-7-24(8-10)14(21)22/h4-6,10,13,23H,7-8H2,1-3H3,(H3,21,22). The topological polar surface area (TPSA) is 65.1 Å². The molecule has 1 saturated heterocycles. The Bertz CT molecular complexity index is 615. The molecule has 0 radical (unpaired) electrons. The molecular formula is C16H22F4N4. The van der Waals surface area contributed by atoms with Gasteiger partial charge in [0.15, 0.2) is 5.96 Å². The summed E-state index contributed by atoms with van der Waals surface area (Å²) in [5.41, 5.74) is 5.13. The van der Waals surface area contributed by atoms with E-state index in [0.717, 1.165) is 0 Å². The van der Waals surface area contributed by atoms with Gasteiger partial charge in [0.05, 0.1) is 0 Å². The molecule has 0 spiro atoms. The predicted octanol–water partition coefficient (Wildman–Crippen LogP) is 2.89. The lowest BCUT2D eigenvalue weighted by Gasteiger charge is -2.42. The van der Waals surface area contributed by atoms with Crippen LogP contribution in [-0.4, -0.2) is 36.2 Å². The fourth-order valence-electron chi connectivity index (χ4n) is 2.60. The fourth-order valence-corrected chi connectivity index (χ4v) is 2.60. The number of nitrogens with two attached hydrogens (primary N) is 1. The summed E-state index contributed by atoms with van der Waals surface area (Å²) < 4.78 is 54.5. The Balaban J connectivity index is 2.22. The van der Waals surface area contributed by atoms with Crippen molar-refractivity contribution in [1.82, 2.24) is 10.2 Å². The monoisotopic (exact) mass is 346 g/mol. The molecule has 1 aliphatic heterocycles. The maximum atomic E-state index is 14.3. The zero-order chi connectivity index (χ0) is 18.3. The van der Waals surface area contributed by atoms with Gasteiger partial charge in [-0.2, -0.15) is 13.2 Å². The average molecular weight is 346 g/mol. The van der Waals surface area contributed by atoms with Crippen molar-refractivity contribution in [3.8, 4) is 0 Å². The highest BCUT2D eigenvalue weighted by Crippen LogP contribution is 2.36. The number of hydrogen-bond acceptors (Lipinski definition) is 2. The molecule has 134 valence electrons. The highest BCUT2D eigenvalue weighted by atomic mass is 19.4. The summed E-state index contributed by atoms with van der Waals surface area (Å²) in [5, 5.41) is 9.66. The lowest BCUT2D eigenvalue weighted by atomic mass is 9.86. The highest BCUT2D eigenvalue weighted by Gasteiger charge is 2.45. The Morgan fingerprint density at radius 1 is 1.29 bits per heavy atom. The van der Waals surface area contributed by atoms with E-state index in [4.69, 9.17) is 11.1 Å². The largest absolute Gasteiger partial charge is 0.408 e. The molecular weight excluding hydrogens is 324 g/mol. The normalized spacial score (nSPS) is 17.5. The molecule has 4 nitrogen and oxygen atoms in total. The van der Waals surface area contributed by atoms with Gasteiger partial charge in [0.25, 0.3) is 0 Å². The van der Waals surface area contributed by atoms with E-state index in [1.54, 1.807) is 0 Å². The first-order valence-corrected chi connectivity index (χ1v) is 7.61. The lowest BCUT2D eigenvalue weighted by molar-refractivity contribution is -0.162. The molecule has 8 heteroatoms. The number of nitrogens with one attached hydrogen (secondary N) is 2. The summed E-state index contributed by atoms with van der Waals surface area (Å²) in [4.78, 5) is 1.43. The van der Waals surface area contributed by atoms with Crippen LogP contribution < -0.4 is 11.1 Å². The molecule has 24 heavy (non-hydrogen) atoms. The summed E-state index contributed by atoms with van der Waals surface area (Å²) in [6, 6.07) is 1.30. The van der Waals surface area contributed by atoms with Crippen molar-refractivity contribution in [3.63, 3.8) is 0 Å². The van der Waals surface area contributed by atoms with Crippen LogP contribution in [0.1, 0.15) is 37.9 Å². The van der Waals surface area contributed by atoms with E-state index < -0.39 is 29.6 Å². The summed E-state index contributed by atoms with van der Waals surface area (Å²) in [6.45, 7) is 6.00. The van der Waals surface area contributed by atoms with Gasteiger partial charge in [0.2, 0.25) is 0 Å². The fraction of sp³-hybridized carbons (Fsp3) is 0.562. The van der Waals surface area contributed by atoms with Gasteiger partial charge in [0, 0.05) is 24.7 Å². The van der Waals surface area contributed by atoms with Crippen molar-refractivity contribution in [2.24, 2.45) is 5.73 Å². The minimum Gasteiger partial charge on any atom is -0.370 e. The Morgan fingerprint density at radius 3 is 2.29 bits per heavy atom. The van der Waals surface area contributed by atoms with Crippen LogP contribution in [0, 0.1) is 11.2 Å². The summed E-state index contributed by atoms with van der Waals surface area (Å²) >= 11 is 0. The summed E-state index contributed by atoms with van der Waals surface area (Å²) in [6.07, 6.45) is -4.62. The first-order valence-electron chi connectivity index (χ1n) is 7.61. The molecule has 4 N–H and O–H groups in total. The maximum absolute atomic E-state index is 14.3. The third kappa shape index (κ3) is 3.98. The molecule has 0 aromatic heterocycles. The molecule has 1 atom stereocenters. The zero-order valence-corrected chi connectivity index (χ0v) is 13.8. The van der Waals surface area contributed by atoms with E-state index in [9.17, 15) is 17.6 Å². The van der Waals surface area contributed by atoms with Crippen molar-refractivity contribution in [2.75, 3.05) is 13.1 Å². The highest BCUT2D eigenvalue weighted by molar-refractivity contribution is 5.75. The second-order valence-corrected chi connectivity index (χ2v) is 7.11. The van der Waals surface area contributed by atoms with Crippen LogP contribution in [0.2, 0.25) is 0 Å². The van der Waals surface area contributed by atoms with E-state index >= 15 is 0 Å². The third-order valence-corrected chi connectivity index (χ3v) is 4.13. The van der Waals surface area contributed by atoms with Gasteiger partial charge in [-0.1, -0.05) is 32.9 Å². The molecule has 2 rings (SSSR count). The number of alkyl halides is 3. The van der Waals surface area contributed by atoms with Crippen LogP contribution in [0.15, 0.2) is 18.2 Å². The number of rotatable bonds is 3. The molecule has 1 unspecified atom stereocenters. The van der Waals surface area contributed by atoms with Gasteiger partial charge in [-0.3, -0.25) is 10.7 Å². The Hall–Kier alpha value is -1.83. The van der Waals surface area contributed by atoms with Gasteiger partial charge in [-0.25, -0.2) is 4.39 Å². The van der Waals surface area contributed by atoms with E-state index in [1.807, 2.05) is 20.8 Å². The quantitative estimate of drug-likeness (QED) is 0.448. The second kappa shape index (κ2) is 6.23. The molecule has 1 heterocycles. The number of likely N-dealkylation sites (tertiary alicyclic amines) is 1. The molecule has 0 amide bonds. The van der Waals surface area contributed by atoms with Crippen LogP contribution in [0.5, 0.6) is 0 Å². The lowest BCUT2D eigenvalue weighted by Crippen LogP contribution is -2.62. The van der Waals surface area contributed by atoms with Crippen LogP contribution in [0.3, 0.4) is 0 Å². The zero-order valence-electron chi connectivity index (χ0n) is 13.8. The van der Waals surface area contributed by atoms with E-state index in [1.165, 1.54) is 23.1 Å². The molecule has 1 aromatic rings. The Morgan fingerprint density at radius 2 is 1.88 bits per heavy atom. The number of halogens is 4. The molecule has 0 aliphatic carbocycles. The first kappa shape index (κ1) is 18.5. The molecule has 1 aromatic carbocycles. The maximum Gasteiger partial charge on any atom is 0.408 e. The summed E-state index contributed by atoms with van der Waals surface area (Å²) in [5.74, 6) is -1.06. The van der Waals surface area contributed by atoms with Gasteiger partial charge in [-0.05, 0) is 17.0 Å².